The third kappa shape index (κ3) is 6.80. The third-order valence-electron chi connectivity index (χ3n) is 5.83. The molecule has 0 aromatic heterocycles. The van der Waals surface area contributed by atoms with Gasteiger partial charge in [-0.1, -0.05) is 53.5 Å². The summed E-state index contributed by atoms with van der Waals surface area (Å²) in [6, 6.07) is 15.5. The number of Topliss-reactive ketones (excluding diaryl/α,β-unsaturated/α-hetero) is 1. The standard InChI is InChI=1S/C25H27Cl2N3O2/c26-23-3-1-4-24(27)22(23)16-25(32)30-13-9-20(10-14-30)19-7-5-18(6-8-19)15-21(31)17-29-12-2-11-28/h1,3-8,20,29H,2,9-10,12-17H2. The van der Waals surface area contributed by atoms with Gasteiger partial charge in [0.05, 0.1) is 19.0 Å². The second kappa shape index (κ2) is 12.0. The van der Waals surface area contributed by atoms with Crippen molar-refractivity contribution >= 4 is 34.9 Å². The lowest BCUT2D eigenvalue weighted by atomic mass is 9.88. The van der Waals surface area contributed by atoms with Crippen LogP contribution in [0.25, 0.3) is 0 Å². The number of piperidine rings is 1. The van der Waals surface area contributed by atoms with Crippen LogP contribution >= 0.6 is 23.2 Å². The molecule has 1 saturated heterocycles. The Kier molecular flexibility index (Phi) is 9.11. The van der Waals surface area contributed by atoms with Crippen molar-refractivity contribution in [1.82, 2.24) is 10.2 Å². The van der Waals surface area contributed by atoms with E-state index < -0.39 is 0 Å². The Morgan fingerprint density at radius 1 is 1.03 bits per heavy atom. The molecular formula is C25H27Cl2N3O2. The summed E-state index contributed by atoms with van der Waals surface area (Å²) in [7, 11) is 0. The summed E-state index contributed by atoms with van der Waals surface area (Å²) in [6.07, 6.45) is 2.82. The van der Waals surface area contributed by atoms with Gasteiger partial charge in [0.1, 0.15) is 0 Å². The lowest BCUT2D eigenvalue weighted by Crippen LogP contribution is -2.38. The highest BCUT2D eigenvalue weighted by molar-refractivity contribution is 6.36. The van der Waals surface area contributed by atoms with Gasteiger partial charge in [0.15, 0.2) is 5.78 Å². The molecule has 2 aromatic carbocycles. The van der Waals surface area contributed by atoms with E-state index in [0.29, 0.717) is 54.0 Å². The van der Waals surface area contributed by atoms with Crippen LogP contribution in [0, 0.1) is 11.3 Å². The molecule has 0 aliphatic carbocycles. The van der Waals surface area contributed by atoms with Gasteiger partial charge in [-0.25, -0.2) is 0 Å². The summed E-state index contributed by atoms with van der Waals surface area (Å²) in [5, 5.41) is 12.6. The number of nitriles is 1. The number of likely N-dealkylation sites (tertiary alicyclic amines) is 1. The molecule has 0 saturated carbocycles. The number of ketones is 1. The Hall–Kier alpha value is -2.39. The zero-order valence-corrected chi connectivity index (χ0v) is 19.5. The van der Waals surface area contributed by atoms with Crippen LogP contribution in [-0.4, -0.2) is 42.8 Å². The van der Waals surface area contributed by atoms with Gasteiger partial charge in [0.2, 0.25) is 5.91 Å². The molecule has 0 atom stereocenters. The van der Waals surface area contributed by atoms with Crippen LogP contribution in [0.5, 0.6) is 0 Å². The number of hydrogen-bond donors (Lipinski definition) is 1. The molecule has 5 nitrogen and oxygen atoms in total. The van der Waals surface area contributed by atoms with Crippen molar-refractivity contribution in [3.63, 3.8) is 0 Å². The molecule has 1 N–H and O–H groups in total. The fourth-order valence-electron chi connectivity index (χ4n) is 4.00. The highest BCUT2D eigenvalue weighted by atomic mass is 35.5. The van der Waals surface area contributed by atoms with E-state index >= 15 is 0 Å². The molecule has 0 bridgehead atoms. The minimum absolute atomic E-state index is 0.0516. The third-order valence-corrected chi connectivity index (χ3v) is 6.53. The van der Waals surface area contributed by atoms with Crippen LogP contribution in [-0.2, 0) is 22.4 Å². The first-order valence-corrected chi connectivity index (χ1v) is 11.6. The molecule has 1 aliphatic heterocycles. The summed E-state index contributed by atoms with van der Waals surface area (Å²) < 4.78 is 0. The smallest absolute Gasteiger partial charge is 0.227 e. The largest absolute Gasteiger partial charge is 0.342 e. The normalized spacial score (nSPS) is 14.2. The van der Waals surface area contributed by atoms with Crippen molar-refractivity contribution in [2.75, 3.05) is 26.2 Å². The van der Waals surface area contributed by atoms with E-state index in [0.717, 1.165) is 18.4 Å². The van der Waals surface area contributed by atoms with E-state index in [1.54, 1.807) is 18.2 Å². The fourth-order valence-corrected chi connectivity index (χ4v) is 4.53. The van der Waals surface area contributed by atoms with Crippen LogP contribution in [0.1, 0.15) is 41.9 Å². The molecule has 0 radical (unpaired) electrons. The van der Waals surface area contributed by atoms with Crippen LogP contribution < -0.4 is 5.32 Å². The molecule has 7 heteroatoms. The fraction of sp³-hybridized carbons (Fsp3) is 0.400. The lowest BCUT2D eigenvalue weighted by Gasteiger charge is -2.32. The number of rotatable bonds is 9. The summed E-state index contributed by atoms with van der Waals surface area (Å²) >= 11 is 12.4. The van der Waals surface area contributed by atoms with Crippen LogP contribution in [0.3, 0.4) is 0 Å². The van der Waals surface area contributed by atoms with Gasteiger partial charge in [-0.15, -0.1) is 0 Å². The van der Waals surface area contributed by atoms with E-state index in [4.69, 9.17) is 28.5 Å². The molecule has 1 heterocycles. The zero-order chi connectivity index (χ0) is 22.9. The first-order chi connectivity index (χ1) is 15.5. The molecule has 0 spiro atoms. The van der Waals surface area contributed by atoms with Gasteiger partial charge in [-0.3, -0.25) is 9.59 Å². The molecule has 32 heavy (non-hydrogen) atoms. The predicted molar refractivity (Wildman–Crippen MR) is 127 cm³/mol. The van der Waals surface area contributed by atoms with E-state index in [2.05, 4.69) is 17.4 Å². The van der Waals surface area contributed by atoms with Gasteiger partial charge in [-0.05, 0) is 47.6 Å². The van der Waals surface area contributed by atoms with Crippen molar-refractivity contribution in [2.45, 2.75) is 38.0 Å². The maximum Gasteiger partial charge on any atom is 0.227 e. The summed E-state index contributed by atoms with van der Waals surface area (Å²) in [5.41, 5.74) is 2.92. The molecule has 1 amide bonds. The second-order valence-electron chi connectivity index (χ2n) is 8.07. The highest BCUT2D eigenvalue weighted by Gasteiger charge is 2.24. The molecule has 168 valence electrons. The van der Waals surface area contributed by atoms with Crippen LogP contribution in [0.15, 0.2) is 42.5 Å². The number of benzene rings is 2. The number of carbonyl (C=O) groups excluding carboxylic acids is 2. The van der Waals surface area contributed by atoms with E-state index in [1.807, 2.05) is 23.1 Å². The van der Waals surface area contributed by atoms with Crippen molar-refractivity contribution < 1.29 is 9.59 Å². The number of amides is 1. The highest BCUT2D eigenvalue weighted by Crippen LogP contribution is 2.30. The maximum atomic E-state index is 12.7. The van der Waals surface area contributed by atoms with Gasteiger partial charge in [0, 0.05) is 42.5 Å². The second-order valence-corrected chi connectivity index (χ2v) is 8.89. The molecule has 0 unspecified atom stereocenters. The summed E-state index contributed by atoms with van der Waals surface area (Å²) in [6.45, 7) is 2.24. The van der Waals surface area contributed by atoms with E-state index in [1.165, 1.54) is 5.56 Å². The van der Waals surface area contributed by atoms with Crippen molar-refractivity contribution in [3.8, 4) is 6.07 Å². The quantitative estimate of drug-likeness (QED) is 0.544. The Bertz CT molecular complexity index is 957. The van der Waals surface area contributed by atoms with E-state index in [-0.39, 0.29) is 24.7 Å². The Labute approximate surface area is 199 Å². The maximum absolute atomic E-state index is 12.7. The Balaban J connectivity index is 1.47. The van der Waals surface area contributed by atoms with Crippen LogP contribution in [0.4, 0.5) is 0 Å². The molecule has 1 fully saturated rings. The minimum Gasteiger partial charge on any atom is -0.342 e. The zero-order valence-electron chi connectivity index (χ0n) is 17.9. The van der Waals surface area contributed by atoms with Crippen molar-refractivity contribution in [1.29, 1.82) is 5.26 Å². The predicted octanol–water partition coefficient (Wildman–Crippen LogP) is 4.56. The summed E-state index contributed by atoms with van der Waals surface area (Å²) in [5.74, 6) is 0.567. The molecule has 3 rings (SSSR count). The van der Waals surface area contributed by atoms with Crippen LogP contribution in [0.2, 0.25) is 10.0 Å². The molecule has 2 aromatic rings. The number of nitrogens with zero attached hydrogens (tertiary/aromatic N) is 2. The Morgan fingerprint density at radius 2 is 1.69 bits per heavy atom. The average molecular weight is 472 g/mol. The minimum atomic E-state index is 0.0516. The SMILES string of the molecule is N#CCCNCC(=O)Cc1ccc(C2CCN(C(=O)Cc3c(Cl)cccc3Cl)CC2)cc1. The van der Waals surface area contributed by atoms with Gasteiger partial charge in [0.25, 0.3) is 0 Å². The van der Waals surface area contributed by atoms with E-state index in [9.17, 15) is 9.59 Å². The number of carbonyl (C=O) groups is 2. The number of nitrogens with one attached hydrogen (secondary N) is 1. The Morgan fingerprint density at radius 3 is 2.31 bits per heavy atom. The number of hydrogen-bond acceptors (Lipinski definition) is 4. The van der Waals surface area contributed by atoms with Gasteiger partial charge in [-0.2, -0.15) is 5.26 Å². The topological polar surface area (TPSA) is 73.2 Å². The lowest BCUT2D eigenvalue weighted by molar-refractivity contribution is -0.131. The van der Waals surface area contributed by atoms with Crippen molar-refractivity contribution in [3.05, 3.63) is 69.2 Å². The monoisotopic (exact) mass is 471 g/mol. The van der Waals surface area contributed by atoms with Gasteiger partial charge < -0.3 is 10.2 Å². The van der Waals surface area contributed by atoms with Gasteiger partial charge >= 0.3 is 0 Å². The molecular weight excluding hydrogens is 445 g/mol. The first kappa shape index (κ1) is 24.3. The number of halogens is 2. The summed E-state index contributed by atoms with van der Waals surface area (Å²) in [4.78, 5) is 26.7. The first-order valence-electron chi connectivity index (χ1n) is 10.9. The molecule has 1 aliphatic rings. The van der Waals surface area contributed by atoms with Crippen molar-refractivity contribution in [2.24, 2.45) is 0 Å². The average Bonchev–Trinajstić information content (AvgIpc) is 2.80.